The van der Waals surface area contributed by atoms with Gasteiger partial charge in [0.15, 0.2) is 5.82 Å². The van der Waals surface area contributed by atoms with E-state index in [1.165, 1.54) is 6.33 Å². The summed E-state index contributed by atoms with van der Waals surface area (Å²) < 4.78 is 0. The van der Waals surface area contributed by atoms with Crippen molar-refractivity contribution in [1.82, 2.24) is 9.97 Å². The third-order valence-corrected chi connectivity index (χ3v) is 3.46. The Bertz CT molecular complexity index is 429. The van der Waals surface area contributed by atoms with Crippen molar-refractivity contribution < 1.29 is 0 Å². The van der Waals surface area contributed by atoms with Gasteiger partial charge in [0.25, 0.3) is 5.56 Å². The Labute approximate surface area is 99.6 Å². The lowest BCUT2D eigenvalue weighted by Crippen LogP contribution is -2.35. The van der Waals surface area contributed by atoms with Gasteiger partial charge in [0.05, 0.1) is 6.33 Å². The summed E-state index contributed by atoms with van der Waals surface area (Å²) in [6.45, 7) is 5.30. The first-order valence-electron chi connectivity index (χ1n) is 5.61. The van der Waals surface area contributed by atoms with Crippen LogP contribution < -0.4 is 10.5 Å². The van der Waals surface area contributed by atoms with Crippen LogP contribution >= 0.6 is 11.6 Å². The van der Waals surface area contributed by atoms with Gasteiger partial charge in [-0.15, -0.1) is 0 Å². The molecule has 2 heterocycles. The molecule has 5 heteroatoms. The van der Waals surface area contributed by atoms with Crippen LogP contribution in [0.5, 0.6) is 0 Å². The van der Waals surface area contributed by atoms with E-state index >= 15 is 0 Å². The van der Waals surface area contributed by atoms with Gasteiger partial charge < -0.3 is 9.88 Å². The molecule has 88 valence electrons. The van der Waals surface area contributed by atoms with E-state index in [1.54, 1.807) is 0 Å². The van der Waals surface area contributed by atoms with Crippen LogP contribution in [0.25, 0.3) is 0 Å². The van der Waals surface area contributed by atoms with Crippen molar-refractivity contribution in [3.8, 4) is 0 Å². The van der Waals surface area contributed by atoms with Crippen LogP contribution in [-0.4, -0.2) is 22.6 Å². The summed E-state index contributed by atoms with van der Waals surface area (Å²) in [5, 5.41) is 0.204. The Kier molecular flexibility index (Phi) is 3.19. The van der Waals surface area contributed by atoms with Gasteiger partial charge in [0, 0.05) is 12.6 Å². The van der Waals surface area contributed by atoms with Gasteiger partial charge in [-0.2, -0.15) is 0 Å². The molecule has 1 fully saturated rings. The first-order valence-corrected chi connectivity index (χ1v) is 5.99. The molecule has 1 aromatic rings. The second-order valence-electron chi connectivity index (χ2n) is 4.52. The molecule has 0 spiro atoms. The molecule has 1 saturated heterocycles. The second kappa shape index (κ2) is 4.45. The Morgan fingerprint density at radius 1 is 1.62 bits per heavy atom. The summed E-state index contributed by atoms with van der Waals surface area (Å²) in [6, 6.07) is 0.437. The van der Waals surface area contributed by atoms with Gasteiger partial charge in [0.2, 0.25) is 0 Å². The first-order chi connectivity index (χ1) is 7.61. The number of hydrogen-bond donors (Lipinski definition) is 1. The SMILES string of the molecule is CC(C)C1CCCN1c1nc[nH]c(=O)c1Cl. The predicted molar refractivity (Wildman–Crippen MR) is 65.1 cm³/mol. The number of anilines is 1. The maximum Gasteiger partial charge on any atom is 0.271 e. The third kappa shape index (κ3) is 1.94. The van der Waals surface area contributed by atoms with Gasteiger partial charge in [-0.3, -0.25) is 4.79 Å². The lowest BCUT2D eigenvalue weighted by molar-refractivity contribution is 0.489. The Balaban J connectivity index is 2.36. The molecule has 0 amide bonds. The average Bonchev–Trinajstić information content (AvgIpc) is 2.70. The summed E-state index contributed by atoms with van der Waals surface area (Å²) >= 11 is 6.00. The Morgan fingerprint density at radius 3 is 3.06 bits per heavy atom. The van der Waals surface area contributed by atoms with Crippen molar-refractivity contribution in [2.75, 3.05) is 11.4 Å². The van der Waals surface area contributed by atoms with Crippen LogP contribution in [0, 0.1) is 5.92 Å². The highest BCUT2D eigenvalue weighted by atomic mass is 35.5. The van der Waals surface area contributed by atoms with Crippen LogP contribution in [0.2, 0.25) is 5.02 Å². The molecule has 1 unspecified atom stereocenters. The summed E-state index contributed by atoms with van der Waals surface area (Å²) in [5.41, 5.74) is -0.263. The van der Waals surface area contributed by atoms with Gasteiger partial charge in [-0.05, 0) is 18.8 Å². The number of halogens is 1. The number of rotatable bonds is 2. The van der Waals surface area contributed by atoms with E-state index in [4.69, 9.17) is 11.6 Å². The standard InChI is InChI=1S/C11H16ClN3O/c1-7(2)8-4-3-5-15(8)10-9(12)11(16)14-6-13-10/h6-8H,3-5H2,1-2H3,(H,13,14,16). The molecule has 1 atom stereocenters. The number of aromatic nitrogens is 2. The third-order valence-electron chi connectivity index (χ3n) is 3.12. The molecule has 0 radical (unpaired) electrons. The van der Waals surface area contributed by atoms with Gasteiger partial charge in [-0.1, -0.05) is 25.4 Å². The largest absolute Gasteiger partial charge is 0.352 e. The zero-order valence-electron chi connectivity index (χ0n) is 9.53. The maximum atomic E-state index is 11.4. The highest BCUT2D eigenvalue weighted by Gasteiger charge is 2.29. The Hall–Kier alpha value is -1.03. The Morgan fingerprint density at radius 2 is 2.38 bits per heavy atom. The fourth-order valence-corrected chi connectivity index (χ4v) is 2.53. The minimum Gasteiger partial charge on any atom is -0.352 e. The normalized spacial score (nSPS) is 20.8. The number of hydrogen-bond acceptors (Lipinski definition) is 3. The van der Waals surface area contributed by atoms with Crippen molar-refractivity contribution in [3.63, 3.8) is 0 Å². The van der Waals surface area contributed by atoms with Gasteiger partial charge in [-0.25, -0.2) is 4.98 Å². The molecule has 0 saturated carbocycles. The van der Waals surface area contributed by atoms with E-state index < -0.39 is 0 Å². The van der Waals surface area contributed by atoms with Crippen LogP contribution in [0.4, 0.5) is 5.82 Å². The van der Waals surface area contributed by atoms with E-state index in [-0.39, 0.29) is 10.6 Å². The first kappa shape index (κ1) is 11.5. The predicted octanol–water partition coefficient (Wildman–Crippen LogP) is 2.05. The van der Waals surface area contributed by atoms with Crippen LogP contribution in [0.15, 0.2) is 11.1 Å². The van der Waals surface area contributed by atoms with E-state index in [0.29, 0.717) is 17.8 Å². The molecule has 1 aliphatic rings. The number of H-pyrrole nitrogens is 1. The molecule has 1 aliphatic heterocycles. The van der Waals surface area contributed by atoms with Crippen molar-refractivity contribution in [2.45, 2.75) is 32.7 Å². The lowest BCUT2D eigenvalue weighted by Gasteiger charge is -2.28. The fraction of sp³-hybridized carbons (Fsp3) is 0.636. The molecule has 1 aromatic heterocycles. The quantitative estimate of drug-likeness (QED) is 0.862. The number of aromatic amines is 1. The molecule has 0 aromatic carbocycles. The molecule has 0 bridgehead atoms. The summed E-state index contributed by atoms with van der Waals surface area (Å²) in [4.78, 5) is 20.2. The molecular weight excluding hydrogens is 226 g/mol. The van der Waals surface area contributed by atoms with E-state index in [2.05, 4.69) is 28.7 Å². The van der Waals surface area contributed by atoms with E-state index in [9.17, 15) is 4.79 Å². The highest BCUT2D eigenvalue weighted by molar-refractivity contribution is 6.32. The monoisotopic (exact) mass is 241 g/mol. The van der Waals surface area contributed by atoms with Crippen molar-refractivity contribution in [2.24, 2.45) is 5.92 Å². The zero-order chi connectivity index (χ0) is 11.7. The maximum absolute atomic E-state index is 11.4. The van der Waals surface area contributed by atoms with Gasteiger partial charge in [0.1, 0.15) is 5.02 Å². The minimum absolute atomic E-state index is 0.204. The molecule has 2 rings (SSSR count). The average molecular weight is 242 g/mol. The molecule has 4 nitrogen and oxygen atoms in total. The number of nitrogens with zero attached hydrogens (tertiary/aromatic N) is 2. The zero-order valence-corrected chi connectivity index (χ0v) is 10.3. The highest BCUT2D eigenvalue weighted by Crippen LogP contribution is 2.30. The van der Waals surface area contributed by atoms with E-state index in [1.807, 2.05) is 0 Å². The topological polar surface area (TPSA) is 49.0 Å². The van der Waals surface area contributed by atoms with Crippen LogP contribution in [0.1, 0.15) is 26.7 Å². The summed E-state index contributed by atoms with van der Waals surface area (Å²) in [6.07, 6.45) is 3.69. The summed E-state index contributed by atoms with van der Waals surface area (Å²) in [7, 11) is 0. The lowest BCUT2D eigenvalue weighted by atomic mass is 10.0. The van der Waals surface area contributed by atoms with Gasteiger partial charge >= 0.3 is 0 Å². The number of nitrogens with one attached hydrogen (secondary N) is 1. The molecule has 16 heavy (non-hydrogen) atoms. The smallest absolute Gasteiger partial charge is 0.271 e. The molecule has 0 aliphatic carbocycles. The van der Waals surface area contributed by atoms with Crippen LogP contribution in [-0.2, 0) is 0 Å². The van der Waals surface area contributed by atoms with Crippen molar-refractivity contribution >= 4 is 17.4 Å². The van der Waals surface area contributed by atoms with Crippen molar-refractivity contribution in [1.29, 1.82) is 0 Å². The fourth-order valence-electron chi connectivity index (χ4n) is 2.32. The molecule has 1 N–H and O–H groups in total. The van der Waals surface area contributed by atoms with Crippen LogP contribution in [0.3, 0.4) is 0 Å². The van der Waals surface area contributed by atoms with Crippen molar-refractivity contribution in [3.05, 3.63) is 21.7 Å². The molecular formula is C11H16ClN3O. The van der Waals surface area contributed by atoms with E-state index in [0.717, 1.165) is 19.4 Å². The minimum atomic E-state index is -0.263. The summed E-state index contributed by atoms with van der Waals surface area (Å²) in [5.74, 6) is 1.17. The second-order valence-corrected chi connectivity index (χ2v) is 4.89.